The van der Waals surface area contributed by atoms with E-state index in [1.165, 1.54) is 6.07 Å². The molecule has 0 atom stereocenters. The van der Waals surface area contributed by atoms with Crippen LogP contribution in [0.2, 0.25) is 0 Å². The van der Waals surface area contributed by atoms with Gasteiger partial charge in [-0.3, -0.25) is 10.1 Å². The first-order valence-electron chi connectivity index (χ1n) is 6.42. The van der Waals surface area contributed by atoms with Gasteiger partial charge in [-0.05, 0) is 25.8 Å². The molecule has 0 aliphatic heterocycles. The van der Waals surface area contributed by atoms with Gasteiger partial charge in [0.05, 0.1) is 21.9 Å². The summed E-state index contributed by atoms with van der Waals surface area (Å²) in [6.07, 6.45) is 1.62. The van der Waals surface area contributed by atoms with Gasteiger partial charge in [0.1, 0.15) is 0 Å². The Hall–Kier alpha value is -2.44. The van der Waals surface area contributed by atoms with Crippen LogP contribution in [0.1, 0.15) is 30.2 Å². The summed E-state index contributed by atoms with van der Waals surface area (Å²) in [6, 6.07) is 3.22. The zero-order valence-corrected chi connectivity index (χ0v) is 11.8. The van der Waals surface area contributed by atoms with Crippen molar-refractivity contribution in [3.05, 3.63) is 39.1 Å². The molecular weight excluding hydrogens is 258 g/mol. The largest absolute Gasteiger partial charge is 0.381 e. The van der Waals surface area contributed by atoms with Crippen molar-refractivity contribution in [2.75, 3.05) is 5.73 Å². The zero-order chi connectivity index (χ0) is 14.9. The molecule has 1 aromatic carbocycles. The van der Waals surface area contributed by atoms with Crippen LogP contribution >= 0.6 is 0 Å². The van der Waals surface area contributed by atoms with Gasteiger partial charge in [-0.25, -0.2) is 4.68 Å². The standard InChI is InChI=1S/C13H17N5O2/c1-4-5-11-13(14)15-16-17(11)12-8(2)6-7-10(9(12)3)18(19)20/h6-7H,4-5,14H2,1-3H3. The maximum atomic E-state index is 11.1. The van der Waals surface area contributed by atoms with Crippen molar-refractivity contribution < 1.29 is 4.92 Å². The summed E-state index contributed by atoms with van der Waals surface area (Å²) in [7, 11) is 0. The summed E-state index contributed by atoms with van der Waals surface area (Å²) in [4.78, 5) is 10.7. The molecule has 0 unspecified atom stereocenters. The number of rotatable bonds is 4. The topological polar surface area (TPSA) is 99.9 Å². The minimum atomic E-state index is -0.391. The van der Waals surface area contributed by atoms with Crippen molar-refractivity contribution >= 4 is 11.5 Å². The lowest BCUT2D eigenvalue weighted by Crippen LogP contribution is -2.08. The number of anilines is 1. The number of nitro benzene ring substituents is 1. The summed E-state index contributed by atoms with van der Waals surface area (Å²) in [5.41, 5.74) is 8.85. The van der Waals surface area contributed by atoms with Gasteiger partial charge < -0.3 is 5.73 Å². The van der Waals surface area contributed by atoms with E-state index in [2.05, 4.69) is 10.3 Å². The highest BCUT2D eigenvalue weighted by atomic mass is 16.6. The Morgan fingerprint density at radius 1 is 1.40 bits per heavy atom. The van der Waals surface area contributed by atoms with Gasteiger partial charge in [0, 0.05) is 6.07 Å². The molecule has 2 aromatic rings. The molecule has 2 rings (SSSR count). The highest BCUT2D eigenvalue weighted by Crippen LogP contribution is 2.29. The Morgan fingerprint density at radius 3 is 2.70 bits per heavy atom. The van der Waals surface area contributed by atoms with Gasteiger partial charge >= 0.3 is 0 Å². The molecule has 2 N–H and O–H groups in total. The molecule has 0 radical (unpaired) electrons. The first-order valence-corrected chi connectivity index (χ1v) is 6.42. The van der Waals surface area contributed by atoms with E-state index in [0.29, 0.717) is 17.1 Å². The molecule has 0 saturated heterocycles. The Morgan fingerprint density at radius 2 is 2.10 bits per heavy atom. The normalized spacial score (nSPS) is 10.8. The third-order valence-electron chi connectivity index (χ3n) is 3.29. The van der Waals surface area contributed by atoms with Crippen molar-refractivity contribution in [3.63, 3.8) is 0 Å². The second-order valence-corrected chi connectivity index (χ2v) is 4.72. The Kier molecular flexibility index (Phi) is 3.69. The molecule has 0 spiro atoms. The molecule has 1 heterocycles. The maximum Gasteiger partial charge on any atom is 0.274 e. The lowest BCUT2D eigenvalue weighted by Gasteiger charge is -2.12. The number of nitrogens with two attached hydrogens (primary N) is 1. The van der Waals surface area contributed by atoms with E-state index in [1.807, 2.05) is 13.8 Å². The van der Waals surface area contributed by atoms with Crippen LogP contribution in [0.4, 0.5) is 11.5 Å². The average molecular weight is 275 g/mol. The third kappa shape index (κ3) is 2.22. The van der Waals surface area contributed by atoms with E-state index in [1.54, 1.807) is 17.7 Å². The molecule has 0 saturated carbocycles. The summed E-state index contributed by atoms with van der Waals surface area (Å²) in [5, 5.41) is 19.0. The van der Waals surface area contributed by atoms with Crippen LogP contribution in [0.15, 0.2) is 12.1 Å². The van der Waals surface area contributed by atoms with Gasteiger partial charge in [-0.15, -0.1) is 5.10 Å². The fraction of sp³-hybridized carbons (Fsp3) is 0.385. The highest BCUT2D eigenvalue weighted by molar-refractivity contribution is 5.58. The molecule has 0 bridgehead atoms. The van der Waals surface area contributed by atoms with Crippen molar-refractivity contribution in [1.29, 1.82) is 0 Å². The van der Waals surface area contributed by atoms with Gasteiger partial charge in [0.25, 0.3) is 5.69 Å². The molecule has 106 valence electrons. The molecule has 7 nitrogen and oxygen atoms in total. The number of aromatic nitrogens is 3. The molecular formula is C13H17N5O2. The summed E-state index contributed by atoms with van der Waals surface area (Å²) < 4.78 is 1.62. The Bertz CT molecular complexity index is 663. The molecule has 0 aliphatic carbocycles. The van der Waals surface area contributed by atoms with Gasteiger partial charge in [-0.2, -0.15) is 0 Å². The number of hydrogen-bond acceptors (Lipinski definition) is 5. The van der Waals surface area contributed by atoms with E-state index in [9.17, 15) is 10.1 Å². The molecule has 0 fully saturated rings. The number of nitrogens with zero attached hydrogens (tertiary/aromatic N) is 4. The first kappa shape index (κ1) is 14.0. The van der Waals surface area contributed by atoms with E-state index >= 15 is 0 Å². The van der Waals surface area contributed by atoms with Crippen LogP contribution in [0.25, 0.3) is 5.69 Å². The average Bonchev–Trinajstić information content (AvgIpc) is 2.72. The Labute approximate surface area is 116 Å². The minimum absolute atomic E-state index is 0.0714. The lowest BCUT2D eigenvalue weighted by atomic mass is 10.1. The lowest BCUT2D eigenvalue weighted by molar-refractivity contribution is -0.385. The SMILES string of the molecule is CCCc1c(N)nnn1-c1c(C)ccc([N+](=O)[O-])c1C. The van der Waals surface area contributed by atoms with Gasteiger partial charge in [0.15, 0.2) is 5.82 Å². The van der Waals surface area contributed by atoms with Crippen molar-refractivity contribution in [2.24, 2.45) is 0 Å². The van der Waals surface area contributed by atoms with Crippen LogP contribution in [0, 0.1) is 24.0 Å². The predicted octanol–water partition coefficient (Wildman–Crippen LogP) is 2.33. The smallest absolute Gasteiger partial charge is 0.274 e. The number of aryl methyl sites for hydroxylation is 1. The molecule has 1 aromatic heterocycles. The van der Waals surface area contributed by atoms with E-state index in [4.69, 9.17) is 5.73 Å². The second kappa shape index (κ2) is 5.28. The van der Waals surface area contributed by atoms with Crippen LogP contribution in [0.5, 0.6) is 0 Å². The molecule has 20 heavy (non-hydrogen) atoms. The van der Waals surface area contributed by atoms with Crippen molar-refractivity contribution in [2.45, 2.75) is 33.6 Å². The quantitative estimate of drug-likeness (QED) is 0.681. The van der Waals surface area contributed by atoms with Gasteiger partial charge in [0.2, 0.25) is 0 Å². The third-order valence-corrected chi connectivity index (χ3v) is 3.29. The second-order valence-electron chi connectivity index (χ2n) is 4.72. The van der Waals surface area contributed by atoms with Crippen LogP contribution in [-0.2, 0) is 6.42 Å². The fourth-order valence-electron chi connectivity index (χ4n) is 2.31. The highest BCUT2D eigenvalue weighted by Gasteiger charge is 2.20. The van der Waals surface area contributed by atoms with E-state index in [0.717, 1.165) is 24.1 Å². The minimum Gasteiger partial charge on any atom is -0.381 e. The number of hydrogen-bond donors (Lipinski definition) is 1. The van der Waals surface area contributed by atoms with Crippen LogP contribution < -0.4 is 5.73 Å². The monoisotopic (exact) mass is 275 g/mol. The molecule has 7 heteroatoms. The number of nitrogen functional groups attached to an aromatic ring is 1. The maximum absolute atomic E-state index is 11.1. The zero-order valence-electron chi connectivity index (χ0n) is 11.8. The van der Waals surface area contributed by atoms with Crippen molar-refractivity contribution in [3.8, 4) is 5.69 Å². The molecule has 0 amide bonds. The van der Waals surface area contributed by atoms with Crippen molar-refractivity contribution in [1.82, 2.24) is 15.0 Å². The summed E-state index contributed by atoms with van der Waals surface area (Å²) >= 11 is 0. The van der Waals surface area contributed by atoms with Gasteiger partial charge in [-0.1, -0.05) is 24.6 Å². The van der Waals surface area contributed by atoms with Crippen LogP contribution in [0.3, 0.4) is 0 Å². The summed E-state index contributed by atoms with van der Waals surface area (Å²) in [5.74, 6) is 0.372. The number of nitro groups is 1. The van der Waals surface area contributed by atoms with Crippen LogP contribution in [-0.4, -0.2) is 19.9 Å². The Balaban J connectivity index is 2.69. The fourth-order valence-corrected chi connectivity index (χ4v) is 2.31. The summed E-state index contributed by atoms with van der Waals surface area (Å²) in [6.45, 7) is 5.64. The van der Waals surface area contributed by atoms with E-state index < -0.39 is 4.92 Å². The molecule has 0 aliphatic rings. The number of benzene rings is 1. The first-order chi connectivity index (χ1) is 9.47. The predicted molar refractivity (Wildman–Crippen MR) is 75.9 cm³/mol. The van der Waals surface area contributed by atoms with E-state index in [-0.39, 0.29) is 5.69 Å².